The number of aromatic hydroxyl groups is 1. The number of benzene rings is 2. The number of carbonyl (C=O) groups is 2. The summed E-state index contributed by atoms with van der Waals surface area (Å²) < 4.78 is 19.7. The fourth-order valence-electron chi connectivity index (χ4n) is 5.48. The van der Waals surface area contributed by atoms with Crippen LogP contribution >= 0.6 is 0 Å². The number of H-pyrrole nitrogens is 1. The molecule has 0 spiro atoms. The second-order valence-corrected chi connectivity index (χ2v) is 9.45. The maximum Gasteiger partial charge on any atom is 0.328 e. The van der Waals surface area contributed by atoms with E-state index >= 15 is 0 Å². The lowest BCUT2D eigenvalue weighted by Crippen LogP contribution is -2.53. The van der Waals surface area contributed by atoms with Gasteiger partial charge in [-0.3, -0.25) is 14.6 Å². The number of nitrogens with zero attached hydrogens (tertiary/aromatic N) is 2. The van der Waals surface area contributed by atoms with Crippen LogP contribution in [0, 0.1) is 5.82 Å². The lowest BCUT2D eigenvalue weighted by atomic mass is 9.81. The molecule has 2 aliphatic rings. The number of ether oxygens (including phenoxy) is 1. The first-order chi connectivity index (χ1) is 17.3. The van der Waals surface area contributed by atoms with E-state index in [1.807, 2.05) is 6.07 Å². The lowest BCUT2D eigenvalue weighted by Gasteiger charge is -2.42. The molecule has 1 fully saturated rings. The van der Waals surface area contributed by atoms with Gasteiger partial charge in [0.1, 0.15) is 17.3 Å². The number of amides is 3. The van der Waals surface area contributed by atoms with Crippen molar-refractivity contribution < 1.29 is 23.8 Å². The van der Waals surface area contributed by atoms with Crippen LogP contribution in [0.2, 0.25) is 0 Å². The summed E-state index contributed by atoms with van der Waals surface area (Å²) in [6, 6.07) is 8.60. The minimum Gasteiger partial charge on any atom is -0.508 e. The van der Waals surface area contributed by atoms with E-state index in [2.05, 4.69) is 16.9 Å². The third-order valence-electron chi connectivity index (χ3n) is 7.15. The molecule has 188 valence electrons. The van der Waals surface area contributed by atoms with Crippen LogP contribution in [-0.2, 0) is 11.2 Å². The molecule has 2 aromatic carbocycles. The number of aromatic nitrogens is 1. The summed E-state index contributed by atoms with van der Waals surface area (Å²) in [4.78, 5) is 33.7. The van der Waals surface area contributed by atoms with Gasteiger partial charge < -0.3 is 20.1 Å². The Kier molecular flexibility index (Phi) is 5.96. The Morgan fingerprint density at radius 2 is 2.14 bits per heavy atom. The average molecular weight is 493 g/mol. The van der Waals surface area contributed by atoms with Crippen molar-refractivity contribution in [3.05, 3.63) is 71.7 Å². The monoisotopic (exact) mass is 492 g/mol. The molecule has 0 aliphatic carbocycles. The van der Waals surface area contributed by atoms with Crippen molar-refractivity contribution in [1.29, 1.82) is 0 Å². The van der Waals surface area contributed by atoms with Crippen LogP contribution in [0.1, 0.15) is 36.2 Å². The number of rotatable bonds is 8. The third-order valence-corrected chi connectivity index (χ3v) is 7.15. The maximum absolute atomic E-state index is 14.5. The van der Waals surface area contributed by atoms with Crippen LogP contribution in [0.25, 0.3) is 10.9 Å². The molecule has 2 atom stereocenters. The molecule has 9 heteroatoms. The number of phenols is 1. The number of aromatic amines is 1. The van der Waals surface area contributed by atoms with E-state index in [1.165, 1.54) is 18.1 Å². The first-order valence-corrected chi connectivity index (χ1v) is 11.9. The van der Waals surface area contributed by atoms with E-state index in [1.54, 1.807) is 42.2 Å². The minimum absolute atomic E-state index is 0.0493. The third kappa shape index (κ3) is 3.62. The van der Waals surface area contributed by atoms with E-state index in [9.17, 15) is 19.1 Å². The van der Waals surface area contributed by atoms with E-state index in [4.69, 9.17) is 4.74 Å². The molecular formula is C27H29FN4O4. The van der Waals surface area contributed by atoms with Gasteiger partial charge >= 0.3 is 6.03 Å². The number of carbonyl (C=O) groups excluding carboxylic acids is 2. The number of nitrogens with one attached hydrogen (secondary N) is 2. The zero-order valence-electron chi connectivity index (χ0n) is 20.3. The average Bonchev–Trinajstić information content (AvgIpc) is 3.28. The largest absolute Gasteiger partial charge is 0.508 e. The number of halogens is 1. The molecule has 3 aromatic rings. The number of hydrogen-bond donors (Lipinski definition) is 3. The van der Waals surface area contributed by atoms with E-state index < -0.39 is 17.4 Å². The zero-order valence-corrected chi connectivity index (χ0v) is 20.3. The number of phenolic OH excluding ortho intramolecular Hbond substituents is 1. The zero-order chi connectivity index (χ0) is 25.6. The van der Waals surface area contributed by atoms with E-state index in [-0.39, 0.29) is 36.4 Å². The highest BCUT2D eigenvalue weighted by atomic mass is 19.1. The molecule has 2 aliphatic heterocycles. The van der Waals surface area contributed by atoms with Gasteiger partial charge in [-0.05, 0) is 49.2 Å². The van der Waals surface area contributed by atoms with Crippen molar-refractivity contribution in [3.63, 3.8) is 0 Å². The molecular weight excluding hydrogens is 463 g/mol. The molecule has 8 nitrogen and oxygen atoms in total. The SMILES string of the molecule is C=CCNCCCN1C(=O)N2[C@H](c3cccc(O)c3)c3[nH]c4cc(F)c(OC)cc4c3C[C@@]2(C)C1=O. The summed E-state index contributed by atoms with van der Waals surface area (Å²) in [5.74, 6) is -0.621. The number of methoxy groups -OCH3 is 1. The van der Waals surface area contributed by atoms with Crippen molar-refractivity contribution in [2.75, 3.05) is 26.7 Å². The predicted molar refractivity (Wildman–Crippen MR) is 133 cm³/mol. The fourth-order valence-corrected chi connectivity index (χ4v) is 5.48. The molecule has 0 unspecified atom stereocenters. The van der Waals surface area contributed by atoms with Crippen LogP contribution in [0.5, 0.6) is 11.5 Å². The van der Waals surface area contributed by atoms with Crippen molar-refractivity contribution in [2.45, 2.75) is 31.3 Å². The van der Waals surface area contributed by atoms with Crippen LogP contribution in [-0.4, -0.2) is 64.1 Å². The number of fused-ring (bicyclic) bond motifs is 4. The Morgan fingerprint density at radius 3 is 2.86 bits per heavy atom. The molecule has 1 saturated heterocycles. The maximum atomic E-state index is 14.5. The van der Waals surface area contributed by atoms with Crippen molar-refractivity contribution >= 4 is 22.8 Å². The highest BCUT2D eigenvalue weighted by Crippen LogP contribution is 2.49. The summed E-state index contributed by atoms with van der Waals surface area (Å²) in [6.07, 6.45) is 2.63. The molecule has 0 radical (unpaired) electrons. The molecule has 3 N–H and O–H groups in total. The van der Waals surface area contributed by atoms with Gasteiger partial charge in [0, 0.05) is 42.2 Å². The van der Waals surface area contributed by atoms with Gasteiger partial charge in [-0.15, -0.1) is 6.58 Å². The van der Waals surface area contributed by atoms with Gasteiger partial charge in [-0.1, -0.05) is 18.2 Å². The van der Waals surface area contributed by atoms with Gasteiger partial charge in [0.15, 0.2) is 11.6 Å². The summed E-state index contributed by atoms with van der Waals surface area (Å²) >= 11 is 0. The topological polar surface area (TPSA) is 97.9 Å². The summed E-state index contributed by atoms with van der Waals surface area (Å²) in [7, 11) is 1.41. The summed E-state index contributed by atoms with van der Waals surface area (Å²) in [5.41, 5.74) is 1.57. The molecule has 5 rings (SSSR count). The minimum atomic E-state index is -1.15. The fraction of sp³-hybridized carbons (Fsp3) is 0.333. The Balaban J connectivity index is 1.63. The highest BCUT2D eigenvalue weighted by Gasteiger charge is 2.60. The Morgan fingerprint density at radius 1 is 1.33 bits per heavy atom. The van der Waals surface area contributed by atoms with Gasteiger partial charge in [0.2, 0.25) is 0 Å². The molecule has 3 heterocycles. The van der Waals surface area contributed by atoms with Gasteiger partial charge in [-0.2, -0.15) is 0 Å². The van der Waals surface area contributed by atoms with Crippen molar-refractivity contribution in [1.82, 2.24) is 20.1 Å². The molecule has 36 heavy (non-hydrogen) atoms. The molecule has 1 aromatic heterocycles. The quantitative estimate of drug-likeness (QED) is 0.252. The Labute approximate surface area is 208 Å². The summed E-state index contributed by atoms with van der Waals surface area (Å²) in [5, 5.41) is 14.2. The first kappa shape index (κ1) is 23.9. The van der Waals surface area contributed by atoms with Gasteiger partial charge in [0.25, 0.3) is 5.91 Å². The molecule has 0 saturated carbocycles. The van der Waals surface area contributed by atoms with Gasteiger partial charge in [-0.25, -0.2) is 9.18 Å². The predicted octanol–water partition coefficient (Wildman–Crippen LogP) is 3.86. The first-order valence-electron chi connectivity index (χ1n) is 11.9. The summed E-state index contributed by atoms with van der Waals surface area (Å²) in [6.45, 7) is 7.03. The Bertz CT molecular complexity index is 1370. The Hall–Kier alpha value is -3.85. The standard InChI is InChI=1S/C27H29FN4O4/c1-4-9-29-10-6-11-31-25(34)27(2)15-19-18-13-22(36-3)20(28)14-21(18)30-23(19)24(32(27)26(31)35)16-7-5-8-17(33)12-16/h4-5,7-8,12-14,24,29-30,33H,1,6,9-11,15H2,2-3H3/t24-,27+/m1/s1. The number of urea groups is 1. The van der Waals surface area contributed by atoms with Crippen LogP contribution in [0.4, 0.5) is 9.18 Å². The van der Waals surface area contributed by atoms with Crippen LogP contribution < -0.4 is 10.1 Å². The molecule has 0 bridgehead atoms. The number of hydrogen-bond acceptors (Lipinski definition) is 5. The van der Waals surface area contributed by atoms with Gasteiger partial charge in [0.05, 0.1) is 7.11 Å². The number of imide groups is 1. The molecule has 3 amide bonds. The van der Waals surface area contributed by atoms with Crippen molar-refractivity contribution in [3.8, 4) is 11.5 Å². The van der Waals surface area contributed by atoms with E-state index in [0.29, 0.717) is 36.3 Å². The highest BCUT2D eigenvalue weighted by molar-refractivity contribution is 6.08. The second kappa shape index (κ2) is 8.98. The lowest BCUT2D eigenvalue weighted by molar-refractivity contribution is -0.133. The normalized spacial score (nSPS) is 21.1. The van der Waals surface area contributed by atoms with Crippen LogP contribution in [0.15, 0.2) is 49.1 Å². The van der Waals surface area contributed by atoms with Crippen molar-refractivity contribution in [2.24, 2.45) is 0 Å². The van der Waals surface area contributed by atoms with Crippen LogP contribution in [0.3, 0.4) is 0 Å². The van der Waals surface area contributed by atoms with E-state index in [0.717, 1.165) is 10.9 Å². The second-order valence-electron chi connectivity index (χ2n) is 9.45. The smallest absolute Gasteiger partial charge is 0.328 e.